The minimum absolute atomic E-state index is 0.179. The predicted octanol–water partition coefficient (Wildman–Crippen LogP) is 1.83. The molecule has 0 aliphatic carbocycles. The molecule has 50 valence electrons. The minimum atomic E-state index is -0.249. The molecule has 9 heavy (non-hydrogen) atoms. The van der Waals surface area contributed by atoms with Crippen molar-refractivity contribution in [2.24, 2.45) is 0 Å². The standard InChI is InChI=1S/C5H5BrClNO/c6-4-1-3(9)2-8-5(4)7/h1-2,5,8-9H. The van der Waals surface area contributed by atoms with Crippen molar-refractivity contribution in [1.82, 2.24) is 5.32 Å². The Morgan fingerprint density at radius 1 is 1.78 bits per heavy atom. The molecule has 0 aromatic carbocycles. The molecule has 0 spiro atoms. The second-order valence-electron chi connectivity index (χ2n) is 1.63. The van der Waals surface area contributed by atoms with Gasteiger partial charge in [0.25, 0.3) is 0 Å². The first-order valence-corrected chi connectivity index (χ1v) is 3.59. The lowest BCUT2D eigenvalue weighted by atomic mass is 10.4. The number of hydrogen-bond donors (Lipinski definition) is 2. The van der Waals surface area contributed by atoms with Crippen LogP contribution >= 0.6 is 27.5 Å². The summed E-state index contributed by atoms with van der Waals surface area (Å²) in [5, 5.41) is 11.6. The van der Waals surface area contributed by atoms with E-state index in [2.05, 4.69) is 21.2 Å². The largest absolute Gasteiger partial charge is 0.506 e. The van der Waals surface area contributed by atoms with Crippen LogP contribution in [-0.4, -0.2) is 10.6 Å². The van der Waals surface area contributed by atoms with E-state index in [9.17, 15) is 0 Å². The third-order valence-corrected chi connectivity index (χ3v) is 2.22. The highest BCUT2D eigenvalue weighted by Gasteiger charge is 2.10. The van der Waals surface area contributed by atoms with Crippen LogP contribution in [0.25, 0.3) is 0 Å². The third kappa shape index (κ3) is 1.63. The second kappa shape index (κ2) is 2.62. The molecule has 1 unspecified atom stereocenters. The lowest BCUT2D eigenvalue weighted by molar-refractivity contribution is 0.423. The van der Waals surface area contributed by atoms with Gasteiger partial charge in [-0.1, -0.05) is 27.5 Å². The van der Waals surface area contributed by atoms with E-state index in [0.29, 0.717) is 0 Å². The van der Waals surface area contributed by atoms with Gasteiger partial charge in [-0.25, -0.2) is 0 Å². The van der Waals surface area contributed by atoms with Crippen LogP contribution in [0, 0.1) is 0 Å². The molecule has 0 bridgehead atoms. The number of allylic oxidation sites excluding steroid dienone is 1. The van der Waals surface area contributed by atoms with E-state index >= 15 is 0 Å². The smallest absolute Gasteiger partial charge is 0.133 e. The first kappa shape index (κ1) is 6.96. The molecule has 0 saturated carbocycles. The minimum Gasteiger partial charge on any atom is -0.506 e. The van der Waals surface area contributed by atoms with Crippen LogP contribution in [0.2, 0.25) is 0 Å². The molecule has 0 fully saturated rings. The Morgan fingerprint density at radius 2 is 2.44 bits per heavy atom. The maximum Gasteiger partial charge on any atom is 0.133 e. The molecular formula is C5H5BrClNO. The first-order chi connectivity index (χ1) is 4.20. The van der Waals surface area contributed by atoms with Gasteiger partial charge in [0.15, 0.2) is 0 Å². The predicted molar refractivity (Wildman–Crippen MR) is 40.5 cm³/mol. The molecule has 1 aliphatic heterocycles. The van der Waals surface area contributed by atoms with E-state index in [1.165, 1.54) is 6.20 Å². The van der Waals surface area contributed by atoms with Gasteiger partial charge in [0, 0.05) is 10.7 Å². The molecule has 0 saturated heterocycles. The molecule has 2 nitrogen and oxygen atoms in total. The Hall–Kier alpha value is -0.150. The van der Waals surface area contributed by atoms with Crippen LogP contribution in [0.5, 0.6) is 0 Å². The number of aliphatic hydroxyl groups is 1. The van der Waals surface area contributed by atoms with Gasteiger partial charge in [-0.2, -0.15) is 0 Å². The summed E-state index contributed by atoms with van der Waals surface area (Å²) < 4.78 is 0.740. The molecular weight excluding hydrogens is 205 g/mol. The van der Waals surface area contributed by atoms with E-state index in [1.807, 2.05) is 0 Å². The van der Waals surface area contributed by atoms with Crippen molar-refractivity contribution in [2.45, 2.75) is 5.50 Å². The monoisotopic (exact) mass is 209 g/mol. The average molecular weight is 210 g/mol. The quantitative estimate of drug-likeness (QED) is 0.472. The normalized spacial score (nSPS) is 26.2. The molecule has 0 radical (unpaired) electrons. The van der Waals surface area contributed by atoms with E-state index in [-0.39, 0.29) is 11.3 Å². The maximum absolute atomic E-state index is 8.83. The van der Waals surface area contributed by atoms with Crippen molar-refractivity contribution >= 4 is 27.5 Å². The van der Waals surface area contributed by atoms with Gasteiger partial charge in [-0.15, -0.1) is 0 Å². The Kier molecular flexibility index (Phi) is 2.03. The molecule has 0 aromatic heterocycles. The highest BCUT2D eigenvalue weighted by atomic mass is 79.9. The van der Waals surface area contributed by atoms with Crippen molar-refractivity contribution in [2.75, 3.05) is 0 Å². The van der Waals surface area contributed by atoms with E-state index in [0.717, 1.165) is 4.48 Å². The fraction of sp³-hybridized carbons (Fsp3) is 0.200. The van der Waals surface area contributed by atoms with Crippen LogP contribution in [-0.2, 0) is 0 Å². The number of rotatable bonds is 0. The summed E-state index contributed by atoms with van der Waals surface area (Å²) >= 11 is 8.81. The SMILES string of the molecule is OC1=CNC(Cl)C(Br)=C1. The maximum atomic E-state index is 8.83. The molecule has 2 N–H and O–H groups in total. The van der Waals surface area contributed by atoms with E-state index < -0.39 is 0 Å². The summed E-state index contributed by atoms with van der Waals surface area (Å²) in [7, 11) is 0. The van der Waals surface area contributed by atoms with Crippen molar-refractivity contribution < 1.29 is 5.11 Å². The Labute approximate surface area is 66.3 Å². The van der Waals surface area contributed by atoms with Gasteiger partial charge in [0.05, 0.1) is 0 Å². The second-order valence-corrected chi connectivity index (χ2v) is 2.98. The van der Waals surface area contributed by atoms with Gasteiger partial charge >= 0.3 is 0 Å². The van der Waals surface area contributed by atoms with Gasteiger partial charge in [-0.05, 0) is 6.08 Å². The molecule has 0 aromatic rings. The Balaban J connectivity index is 2.74. The average Bonchev–Trinajstić information content (AvgIpc) is 1.80. The topological polar surface area (TPSA) is 32.3 Å². The number of dihydropyridines is 1. The van der Waals surface area contributed by atoms with E-state index in [4.69, 9.17) is 16.7 Å². The summed E-state index contributed by atoms with van der Waals surface area (Å²) in [6, 6.07) is 0. The molecule has 4 heteroatoms. The molecule has 1 heterocycles. The van der Waals surface area contributed by atoms with Crippen LogP contribution in [0.4, 0.5) is 0 Å². The van der Waals surface area contributed by atoms with Crippen molar-refractivity contribution in [3.05, 3.63) is 22.5 Å². The Morgan fingerprint density at radius 3 is 2.89 bits per heavy atom. The Bertz CT molecular complexity index is 178. The summed E-state index contributed by atoms with van der Waals surface area (Å²) in [5.41, 5.74) is -0.249. The van der Waals surface area contributed by atoms with Crippen LogP contribution < -0.4 is 5.32 Å². The molecule has 0 amide bonds. The van der Waals surface area contributed by atoms with Crippen molar-refractivity contribution in [1.29, 1.82) is 0 Å². The van der Waals surface area contributed by atoms with Crippen LogP contribution in [0.1, 0.15) is 0 Å². The number of nitrogens with one attached hydrogen (secondary N) is 1. The number of halogens is 2. The van der Waals surface area contributed by atoms with Crippen molar-refractivity contribution in [3.63, 3.8) is 0 Å². The van der Waals surface area contributed by atoms with Gasteiger partial charge < -0.3 is 10.4 Å². The molecule has 1 aliphatic rings. The summed E-state index contributed by atoms with van der Waals surface area (Å²) in [4.78, 5) is 0. The highest BCUT2D eigenvalue weighted by Crippen LogP contribution is 2.19. The third-order valence-electron chi connectivity index (χ3n) is 0.905. The van der Waals surface area contributed by atoms with Gasteiger partial charge in [0.1, 0.15) is 11.3 Å². The summed E-state index contributed by atoms with van der Waals surface area (Å²) in [6.07, 6.45) is 3.00. The van der Waals surface area contributed by atoms with Crippen molar-refractivity contribution in [3.8, 4) is 0 Å². The van der Waals surface area contributed by atoms with E-state index in [1.54, 1.807) is 6.08 Å². The lowest BCUT2D eigenvalue weighted by Gasteiger charge is -2.12. The lowest BCUT2D eigenvalue weighted by Crippen LogP contribution is -2.21. The zero-order valence-electron chi connectivity index (χ0n) is 4.44. The van der Waals surface area contributed by atoms with Crippen LogP contribution in [0.15, 0.2) is 22.5 Å². The number of aliphatic hydroxyl groups excluding tert-OH is 1. The zero-order chi connectivity index (χ0) is 6.85. The number of alkyl halides is 1. The molecule has 1 atom stereocenters. The summed E-state index contributed by atoms with van der Waals surface area (Å²) in [5.74, 6) is 0.179. The zero-order valence-corrected chi connectivity index (χ0v) is 6.78. The molecule has 1 rings (SSSR count). The first-order valence-electron chi connectivity index (χ1n) is 2.36. The highest BCUT2D eigenvalue weighted by molar-refractivity contribution is 9.11. The summed E-state index contributed by atoms with van der Waals surface area (Å²) in [6.45, 7) is 0. The fourth-order valence-corrected chi connectivity index (χ4v) is 0.987. The van der Waals surface area contributed by atoms with Crippen LogP contribution in [0.3, 0.4) is 0 Å². The fourth-order valence-electron chi connectivity index (χ4n) is 0.494. The van der Waals surface area contributed by atoms with Gasteiger partial charge in [0.2, 0.25) is 0 Å². The number of hydrogen-bond acceptors (Lipinski definition) is 2. The van der Waals surface area contributed by atoms with Gasteiger partial charge in [-0.3, -0.25) is 0 Å².